The highest BCUT2D eigenvalue weighted by atomic mass is 32.1. The molecule has 9 nitrogen and oxygen atoms in total. The quantitative estimate of drug-likeness (QED) is 0.499. The van der Waals surface area contributed by atoms with Crippen LogP contribution in [0, 0.1) is 0 Å². The fraction of sp³-hybridized carbons (Fsp3) is 0.400. The number of imidazole rings is 1. The molecule has 10 heteroatoms. The molecule has 1 saturated carbocycles. The van der Waals surface area contributed by atoms with Crippen LogP contribution in [-0.2, 0) is 0 Å². The number of anilines is 1. The van der Waals surface area contributed by atoms with Crippen LogP contribution >= 0.6 is 11.3 Å². The molecular formula is C20H21N9S. The van der Waals surface area contributed by atoms with Gasteiger partial charge in [0, 0.05) is 30.0 Å². The van der Waals surface area contributed by atoms with Crippen molar-refractivity contribution in [2.75, 3.05) is 4.90 Å². The van der Waals surface area contributed by atoms with Gasteiger partial charge in [0.2, 0.25) is 5.95 Å². The van der Waals surface area contributed by atoms with Crippen LogP contribution in [0.3, 0.4) is 0 Å². The van der Waals surface area contributed by atoms with Crippen molar-refractivity contribution in [1.82, 2.24) is 39.3 Å². The summed E-state index contributed by atoms with van der Waals surface area (Å²) in [6.07, 6.45) is 14.9. The molecule has 4 aromatic rings. The summed E-state index contributed by atoms with van der Waals surface area (Å²) in [4.78, 5) is 21.1. The van der Waals surface area contributed by atoms with Crippen molar-refractivity contribution in [3.05, 3.63) is 42.3 Å². The van der Waals surface area contributed by atoms with Crippen molar-refractivity contribution in [2.24, 2.45) is 0 Å². The lowest BCUT2D eigenvalue weighted by Gasteiger charge is -2.40. The summed E-state index contributed by atoms with van der Waals surface area (Å²) in [5.74, 6) is 3.28. The van der Waals surface area contributed by atoms with Gasteiger partial charge < -0.3 is 4.90 Å². The van der Waals surface area contributed by atoms with Crippen LogP contribution in [0.2, 0.25) is 0 Å². The Balaban J connectivity index is 1.52. The van der Waals surface area contributed by atoms with Crippen LogP contribution in [0.4, 0.5) is 5.82 Å². The maximum atomic E-state index is 5.07. The summed E-state index contributed by atoms with van der Waals surface area (Å²) in [6, 6.07) is 0.621. The molecule has 1 atom stereocenters. The molecule has 6 rings (SSSR count). The predicted molar refractivity (Wildman–Crippen MR) is 113 cm³/mol. The van der Waals surface area contributed by atoms with Gasteiger partial charge in [0.25, 0.3) is 0 Å². The largest absolute Gasteiger partial charge is 0.341 e. The Morgan fingerprint density at radius 2 is 2.00 bits per heavy atom. The maximum Gasteiger partial charge on any atom is 0.237 e. The van der Waals surface area contributed by atoms with Crippen LogP contribution in [0.1, 0.15) is 50.9 Å². The van der Waals surface area contributed by atoms with Crippen LogP contribution in [0.5, 0.6) is 0 Å². The zero-order valence-electron chi connectivity index (χ0n) is 16.6. The second-order valence-corrected chi connectivity index (χ2v) is 8.56. The van der Waals surface area contributed by atoms with Gasteiger partial charge in [0.05, 0.1) is 12.2 Å². The van der Waals surface area contributed by atoms with Gasteiger partial charge in [0.15, 0.2) is 22.5 Å². The van der Waals surface area contributed by atoms with E-state index in [-0.39, 0.29) is 6.04 Å². The van der Waals surface area contributed by atoms with E-state index < -0.39 is 0 Å². The number of aromatic nitrogens is 8. The SMILES string of the molecule is CC[C@@H]1c2nncn2-c2cnc(-n3ccnc3-c3nccs3)nc2N1C1CCCC1. The minimum absolute atomic E-state index is 0.159. The predicted octanol–water partition coefficient (Wildman–Crippen LogP) is 3.58. The van der Waals surface area contributed by atoms with E-state index >= 15 is 0 Å². The first-order chi connectivity index (χ1) is 14.8. The van der Waals surface area contributed by atoms with E-state index in [0.29, 0.717) is 12.0 Å². The minimum Gasteiger partial charge on any atom is -0.341 e. The Kier molecular flexibility index (Phi) is 4.12. The zero-order valence-corrected chi connectivity index (χ0v) is 17.4. The smallest absolute Gasteiger partial charge is 0.237 e. The van der Waals surface area contributed by atoms with Crippen molar-refractivity contribution in [1.29, 1.82) is 0 Å². The van der Waals surface area contributed by atoms with Gasteiger partial charge in [0.1, 0.15) is 12.0 Å². The molecule has 1 aliphatic heterocycles. The second-order valence-electron chi connectivity index (χ2n) is 7.67. The third-order valence-electron chi connectivity index (χ3n) is 6.03. The third kappa shape index (κ3) is 2.59. The highest BCUT2D eigenvalue weighted by Gasteiger charge is 2.38. The third-order valence-corrected chi connectivity index (χ3v) is 6.80. The average molecular weight is 420 g/mol. The maximum absolute atomic E-state index is 5.07. The monoisotopic (exact) mass is 419 g/mol. The van der Waals surface area contributed by atoms with E-state index in [9.17, 15) is 0 Å². The van der Waals surface area contributed by atoms with E-state index in [0.717, 1.165) is 34.6 Å². The van der Waals surface area contributed by atoms with Crippen molar-refractivity contribution in [2.45, 2.75) is 51.1 Å². The highest BCUT2D eigenvalue weighted by Crippen LogP contribution is 2.42. The first kappa shape index (κ1) is 17.7. The Morgan fingerprint density at radius 1 is 1.10 bits per heavy atom. The molecule has 0 N–H and O–H groups in total. The Labute approximate surface area is 177 Å². The molecule has 30 heavy (non-hydrogen) atoms. The number of thiazole rings is 1. The lowest BCUT2D eigenvalue weighted by Crippen LogP contribution is -2.42. The molecule has 152 valence electrons. The summed E-state index contributed by atoms with van der Waals surface area (Å²) in [7, 11) is 0. The molecule has 0 amide bonds. The summed E-state index contributed by atoms with van der Waals surface area (Å²) in [5.41, 5.74) is 0.936. The van der Waals surface area contributed by atoms with Crippen LogP contribution < -0.4 is 4.90 Å². The molecule has 0 aromatic carbocycles. The minimum atomic E-state index is 0.159. The van der Waals surface area contributed by atoms with Crippen molar-refractivity contribution >= 4 is 17.2 Å². The van der Waals surface area contributed by atoms with Crippen molar-refractivity contribution < 1.29 is 0 Å². The van der Waals surface area contributed by atoms with Crippen molar-refractivity contribution in [3.63, 3.8) is 0 Å². The first-order valence-electron chi connectivity index (χ1n) is 10.3. The summed E-state index contributed by atoms with van der Waals surface area (Å²) in [5, 5.41) is 11.4. The zero-order chi connectivity index (χ0) is 20.1. The lowest BCUT2D eigenvalue weighted by atomic mass is 10.0. The number of fused-ring (bicyclic) bond motifs is 3. The van der Waals surface area contributed by atoms with Gasteiger partial charge in [-0.25, -0.2) is 15.0 Å². The molecule has 1 aliphatic carbocycles. The molecule has 1 fully saturated rings. The summed E-state index contributed by atoms with van der Waals surface area (Å²) >= 11 is 1.55. The number of hydrogen-bond acceptors (Lipinski definition) is 8. The van der Waals surface area contributed by atoms with E-state index in [1.165, 1.54) is 25.7 Å². The van der Waals surface area contributed by atoms with Gasteiger partial charge in [-0.2, -0.15) is 4.98 Å². The van der Waals surface area contributed by atoms with Crippen LogP contribution in [0.15, 0.2) is 36.5 Å². The Morgan fingerprint density at radius 3 is 2.80 bits per heavy atom. The molecule has 0 saturated heterocycles. The van der Waals surface area contributed by atoms with Gasteiger partial charge in [-0.3, -0.25) is 9.13 Å². The number of rotatable bonds is 4. The topological polar surface area (TPSA) is 90.4 Å². The standard InChI is InChI=1S/C20H21N9S/c1-2-14-17-26-24-12-28(17)15-11-23-20(25-16(15)29(14)13-5-3-4-6-13)27-9-7-21-18(27)19-22-8-10-30-19/h7-14H,2-6H2,1H3/t14-/m1/s1. The number of hydrogen-bond donors (Lipinski definition) is 0. The lowest BCUT2D eigenvalue weighted by molar-refractivity contribution is 0.468. The molecule has 0 radical (unpaired) electrons. The van der Waals surface area contributed by atoms with E-state index in [1.54, 1.807) is 30.1 Å². The average Bonchev–Trinajstić information content (AvgIpc) is 3.57. The normalized spacial score (nSPS) is 18.6. The Hall–Kier alpha value is -3.14. The summed E-state index contributed by atoms with van der Waals surface area (Å²) in [6.45, 7) is 2.20. The molecule has 4 aromatic heterocycles. The molecular weight excluding hydrogens is 398 g/mol. The molecule has 0 unspecified atom stereocenters. The molecule has 2 aliphatic rings. The fourth-order valence-corrected chi connectivity index (χ4v) is 5.34. The van der Waals surface area contributed by atoms with E-state index in [1.807, 2.05) is 26.9 Å². The van der Waals surface area contributed by atoms with E-state index in [2.05, 4.69) is 37.0 Å². The van der Waals surface area contributed by atoms with Gasteiger partial charge in [-0.15, -0.1) is 21.5 Å². The van der Waals surface area contributed by atoms with Crippen LogP contribution in [-0.4, -0.2) is 45.3 Å². The van der Waals surface area contributed by atoms with E-state index in [4.69, 9.17) is 4.98 Å². The fourth-order valence-electron chi connectivity index (χ4n) is 4.71. The highest BCUT2D eigenvalue weighted by molar-refractivity contribution is 7.13. The molecule has 0 bridgehead atoms. The summed E-state index contributed by atoms with van der Waals surface area (Å²) < 4.78 is 3.95. The van der Waals surface area contributed by atoms with Gasteiger partial charge in [-0.1, -0.05) is 19.8 Å². The second kappa shape index (κ2) is 6.98. The van der Waals surface area contributed by atoms with Gasteiger partial charge in [-0.05, 0) is 19.3 Å². The van der Waals surface area contributed by atoms with Gasteiger partial charge >= 0.3 is 0 Å². The first-order valence-corrected chi connectivity index (χ1v) is 11.2. The molecule has 5 heterocycles. The van der Waals surface area contributed by atoms with Crippen LogP contribution in [0.25, 0.3) is 22.5 Å². The molecule has 0 spiro atoms. The Bertz CT molecular complexity index is 1170. The van der Waals surface area contributed by atoms with Crippen molar-refractivity contribution in [3.8, 4) is 22.5 Å². The number of nitrogens with zero attached hydrogens (tertiary/aromatic N) is 9.